The standard InChI is InChI=1S/C14H21N5O/c20-13(10-17-11-2-3-11)18-12-4-8-19(9-5-12)14-15-6-1-7-16-14/h1,6-7,11-12,17H,2-5,8-10H2,(H,18,20). The zero-order valence-electron chi connectivity index (χ0n) is 11.6. The summed E-state index contributed by atoms with van der Waals surface area (Å²) in [6.45, 7) is 2.24. The van der Waals surface area contributed by atoms with E-state index in [0.29, 0.717) is 12.6 Å². The Morgan fingerprint density at radius 2 is 1.85 bits per heavy atom. The highest BCUT2D eigenvalue weighted by Crippen LogP contribution is 2.18. The van der Waals surface area contributed by atoms with E-state index >= 15 is 0 Å². The van der Waals surface area contributed by atoms with Gasteiger partial charge in [0.25, 0.3) is 0 Å². The second kappa shape index (κ2) is 6.17. The van der Waals surface area contributed by atoms with Gasteiger partial charge in [-0.1, -0.05) is 0 Å². The number of nitrogens with zero attached hydrogens (tertiary/aromatic N) is 3. The van der Waals surface area contributed by atoms with Crippen LogP contribution in [0.3, 0.4) is 0 Å². The molecule has 2 N–H and O–H groups in total. The van der Waals surface area contributed by atoms with Crippen molar-refractivity contribution >= 4 is 11.9 Å². The van der Waals surface area contributed by atoms with Crippen molar-refractivity contribution in [2.75, 3.05) is 24.5 Å². The Labute approximate surface area is 119 Å². The Morgan fingerprint density at radius 1 is 1.15 bits per heavy atom. The summed E-state index contributed by atoms with van der Waals surface area (Å²) in [7, 11) is 0. The smallest absolute Gasteiger partial charge is 0.234 e. The highest BCUT2D eigenvalue weighted by Gasteiger charge is 2.24. The van der Waals surface area contributed by atoms with Gasteiger partial charge >= 0.3 is 0 Å². The minimum atomic E-state index is 0.117. The van der Waals surface area contributed by atoms with Gasteiger partial charge in [0.15, 0.2) is 0 Å². The maximum Gasteiger partial charge on any atom is 0.234 e. The van der Waals surface area contributed by atoms with E-state index in [-0.39, 0.29) is 11.9 Å². The Morgan fingerprint density at radius 3 is 2.50 bits per heavy atom. The molecule has 2 fully saturated rings. The monoisotopic (exact) mass is 275 g/mol. The fraction of sp³-hybridized carbons (Fsp3) is 0.643. The van der Waals surface area contributed by atoms with E-state index in [2.05, 4.69) is 25.5 Å². The molecule has 1 saturated heterocycles. The Balaban J connectivity index is 1.40. The summed E-state index contributed by atoms with van der Waals surface area (Å²) in [6, 6.07) is 2.69. The van der Waals surface area contributed by atoms with Gasteiger partial charge in [-0.2, -0.15) is 0 Å². The fourth-order valence-electron chi connectivity index (χ4n) is 2.48. The first-order valence-electron chi connectivity index (χ1n) is 7.36. The van der Waals surface area contributed by atoms with Crippen LogP contribution in [0, 0.1) is 0 Å². The van der Waals surface area contributed by atoms with Crippen LogP contribution < -0.4 is 15.5 Å². The summed E-state index contributed by atoms with van der Waals surface area (Å²) in [4.78, 5) is 22.5. The molecule has 1 aromatic rings. The van der Waals surface area contributed by atoms with Crippen LogP contribution in [0.1, 0.15) is 25.7 Å². The molecule has 1 aliphatic heterocycles. The number of piperidine rings is 1. The predicted octanol–water partition coefficient (Wildman–Crippen LogP) is 0.314. The van der Waals surface area contributed by atoms with Gasteiger partial charge in [-0.25, -0.2) is 9.97 Å². The fourth-order valence-corrected chi connectivity index (χ4v) is 2.48. The molecule has 1 saturated carbocycles. The van der Waals surface area contributed by atoms with E-state index < -0.39 is 0 Å². The van der Waals surface area contributed by atoms with Crippen molar-refractivity contribution in [2.45, 2.75) is 37.8 Å². The first-order valence-corrected chi connectivity index (χ1v) is 7.36. The van der Waals surface area contributed by atoms with Crippen LogP contribution in [0.4, 0.5) is 5.95 Å². The number of anilines is 1. The third-order valence-electron chi connectivity index (χ3n) is 3.82. The Bertz CT molecular complexity index is 440. The van der Waals surface area contributed by atoms with Crippen LogP contribution in [-0.2, 0) is 4.79 Å². The van der Waals surface area contributed by atoms with Gasteiger partial charge in [-0.3, -0.25) is 4.79 Å². The van der Waals surface area contributed by atoms with Crippen LogP contribution in [-0.4, -0.2) is 47.6 Å². The van der Waals surface area contributed by atoms with Crippen molar-refractivity contribution in [3.05, 3.63) is 18.5 Å². The largest absolute Gasteiger partial charge is 0.352 e. The molecule has 1 amide bonds. The lowest BCUT2D eigenvalue weighted by Gasteiger charge is -2.32. The van der Waals surface area contributed by atoms with Gasteiger partial charge in [0.1, 0.15) is 0 Å². The second-order valence-corrected chi connectivity index (χ2v) is 5.53. The third-order valence-corrected chi connectivity index (χ3v) is 3.82. The van der Waals surface area contributed by atoms with Crippen LogP contribution in [0.2, 0.25) is 0 Å². The Hall–Kier alpha value is -1.69. The molecule has 1 aliphatic carbocycles. The third kappa shape index (κ3) is 3.66. The molecule has 3 rings (SSSR count). The number of aromatic nitrogens is 2. The minimum Gasteiger partial charge on any atom is -0.352 e. The maximum atomic E-state index is 11.8. The summed E-state index contributed by atoms with van der Waals surface area (Å²) in [5.41, 5.74) is 0. The number of amides is 1. The minimum absolute atomic E-state index is 0.117. The summed E-state index contributed by atoms with van der Waals surface area (Å²) < 4.78 is 0. The van der Waals surface area contributed by atoms with Crippen molar-refractivity contribution in [1.82, 2.24) is 20.6 Å². The number of rotatable bonds is 5. The molecule has 108 valence electrons. The van der Waals surface area contributed by atoms with Crippen LogP contribution >= 0.6 is 0 Å². The number of carbonyl (C=O) groups excluding carboxylic acids is 1. The molecule has 0 bridgehead atoms. The lowest BCUT2D eigenvalue weighted by Crippen LogP contribution is -2.47. The lowest BCUT2D eigenvalue weighted by atomic mass is 10.1. The van der Waals surface area contributed by atoms with E-state index in [1.165, 1.54) is 12.8 Å². The van der Waals surface area contributed by atoms with Crippen LogP contribution in [0.15, 0.2) is 18.5 Å². The predicted molar refractivity (Wildman–Crippen MR) is 76.4 cm³/mol. The molecule has 1 aromatic heterocycles. The zero-order valence-corrected chi connectivity index (χ0v) is 11.6. The van der Waals surface area contributed by atoms with Gasteiger partial charge < -0.3 is 15.5 Å². The topological polar surface area (TPSA) is 70.2 Å². The number of nitrogens with one attached hydrogen (secondary N) is 2. The van der Waals surface area contributed by atoms with E-state index in [1.807, 2.05) is 6.07 Å². The summed E-state index contributed by atoms with van der Waals surface area (Å²) in [5, 5.41) is 6.34. The number of hydrogen-bond donors (Lipinski definition) is 2. The quantitative estimate of drug-likeness (QED) is 0.809. The lowest BCUT2D eigenvalue weighted by molar-refractivity contribution is -0.121. The average Bonchev–Trinajstić information content (AvgIpc) is 3.31. The first kappa shape index (κ1) is 13.3. The molecule has 0 aromatic carbocycles. The maximum absolute atomic E-state index is 11.8. The van der Waals surface area contributed by atoms with Gasteiger partial charge in [0.2, 0.25) is 11.9 Å². The average molecular weight is 275 g/mol. The van der Waals surface area contributed by atoms with Crippen molar-refractivity contribution in [1.29, 1.82) is 0 Å². The van der Waals surface area contributed by atoms with Gasteiger partial charge in [-0.15, -0.1) is 0 Å². The van der Waals surface area contributed by atoms with Crippen molar-refractivity contribution in [3.63, 3.8) is 0 Å². The van der Waals surface area contributed by atoms with Gasteiger partial charge in [0, 0.05) is 37.6 Å². The van der Waals surface area contributed by atoms with Crippen molar-refractivity contribution in [3.8, 4) is 0 Å². The molecular weight excluding hydrogens is 254 g/mol. The molecule has 2 heterocycles. The highest BCUT2D eigenvalue weighted by molar-refractivity contribution is 5.78. The van der Waals surface area contributed by atoms with Crippen LogP contribution in [0.25, 0.3) is 0 Å². The highest BCUT2D eigenvalue weighted by atomic mass is 16.2. The van der Waals surface area contributed by atoms with Gasteiger partial charge in [0.05, 0.1) is 6.54 Å². The normalized spacial score (nSPS) is 19.9. The summed E-state index contributed by atoms with van der Waals surface area (Å²) >= 11 is 0. The molecule has 0 atom stereocenters. The molecule has 6 heteroatoms. The number of carbonyl (C=O) groups is 1. The molecule has 6 nitrogen and oxygen atoms in total. The SMILES string of the molecule is O=C(CNC1CC1)NC1CCN(c2ncccn2)CC1. The van der Waals surface area contributed by atoms with Crippen LogP contribution in [0.5, 0.6) is 0 Å². The molecule has 20 heavy (non-hydrogen) atoms. The molecule has 0 radical (unpaired) electrons. The van der Waals surface area contributed by atoms with E-state index in [1.54, 1.807) is 12.4 Å². The molecule has 0 spiro atoms. The van der Waals surface area contributed by atoms with E-state index in [9.17, 15) is 4.79 Å². The Kier molecular flexibility index (Phi) is 4.11. The second-order valence-electron chi connectivity index (χ2n) is 5.53. The zero-order chi connectivity index (χ0) is 13.8. The van der Waals surface area contributed by atoms with Gasteiger partial charge in [-0.05, 0) is 31.7 Å². The first-order chi connectivity index (χ1) is 9.81. The molecular formula is C14H21N5O. The molecule has 0 unspecified atom stereocenters. The van der Waals surface area contributed by atoms with Crippen molar-refractivity contribution in [2.24, 2.45) is 0 Å². The molecule has 2 aliphatic rings. The summed E-state index contributed by atoms with van der Waals surface area (Å²) in [5.74, 6) is 0.902. The van der Waals surface area contributed by atoms with Crippen molar-refractivity contribution < 1.29 is 4.79 Å². The summed E-state index contributed by atoms with van der Waals surface area (Å²) in [6.07, 6.45) is 7.85. The van der Waals surface area contributed by atoms with E-state index in [4.69, 9.17) is 0 Å². The number of hydrogen-bond acceptors (Lipinski definition) is 5. The van der Waals surface area contributed by atoms with E-state index in [0.717, 1.165) is 31.9 Å².